The number of hydrogen-bond acceptors (Lipinski definition) is 5. The highest BCUT2D eigenvalue weighted by atomic mass is 16.5. The fourth-order valence-corrected chi connectivity index (χ4v) is 2.83. The molecule has 0 unspecified atom stereocenters. The van der Waals surface area contributed by atoms with Crippen LogP contribution in [0, 0.1) is 0 Å². The summed E-state index contributed by atoms with van der Waals surface area (Å²) in [5.41, 5.74) is 2.88. The van der Waals surface area contributed by atoms with E-state index in [1.54, 1.807) is 37.4 Å². The van der Waals surface area contributed by atoms with Gasteiger partial charge in [-0.2, -0.15) is 0 Å². The topological polar surface area (TPSA) is 78.9 Å². The molecule has 1 aromatic carbocycles. The van der Waals surface area contributed by atoms with Gasteiger partial charge in [-0.25, -0.2) is 0 Å². The monoisotopic (exact) mass is 366 g/mol. The number of nitrogens with zero attached hydrogens (tertiary/aromatic N) is 1. The fraction of sp³-hybridized carbons (Fsp3) is 0.238. The van der Waals surface area contributed by atoms with E-state index >= 15 is 0 Å². The minimum Gasteiger partial charge on any atom is -0.491 e. The zero-order chi connectivity index (χ0) is 19.2. The van der Waals surface area contributed by atoms with Crippen LogP contribution in [0.25, 0.3) is 0 Å². The van der Waals surface area contributed by atoms with Crippen LogP contribution in [0.15, 0.2) is 71.9 Å². The molecule has 3 rings (SSSR count). The molecule has 0 radical (unpaired) electrons. The van der Waals surface area contributed by atoms with Crippen molar-refractivity contribution in [2.45, 2.75) is 19.8 Å². The van der Waals surface area contributed by atoms with Gasteiger partial charge in [-0.05, 0) is 56.2 Å². The molecule has 0 atom stereocenters. The first-order valence-electron chi connectivity index (χ1n) is 8.82. The van der Waals surface area contributed by atoms with E-state index in [9.17, 15) is 9.59 Å². The minimum atomic E-state index is -0.238. The Morgan fingerprint density at radius 1 is 1.19 bits per heavy atom. The maximum Gasteiger partial charge on any atom is 0.255 e. The maximum atomic E-state index is 12.5. The predicted octanol–water partition coefficient (Wildman–Crippen LogP) is 2.65. The molecule has 27 heavy (non-hydrogen) atoms. The summed E-state index contributed by atoms with van der Waals surface area (Å²) in [5, 5.41) is 11.6. The SMILES string of the molecule is CC(=O)C1=CN2C=C(NC(=O)c3ccc(OCCO)cc3)C=CC2=CCC1. The molecular weight excluding hydrogens is 344 g/mol. The summed E-state index contributed by atoms with van der Waals surface area (Å²) in [6, 6.07) is 6.71. The predicted molar refractivity (Wildman–Crippen MR) is 102 cm³/mol. The van der Waals surface area contributed by atoms with E-state index in [0.717, 1.165) is 17.7 Å². The summed E-state index contributed by atoms with van der Waals surface area (Å²) >= 11 is 0. The molecular formula is C21H22N2O4. The Labute approximate surface area is 158 Å². The lowest BCUT2D eigenvalue weighted by molar-refractivity contribution is -0.113. The van der Waals surface area contributed by atoms with Gasteiger partial charge in [0.25, 0.3) is 5.91 Å². The Hall–Kier alpha value is -3.12. The summed E-state index contributed by atoms with van der Waals surface area (Å²) in [6.07, 6.45) is 11.0. The van der Waals surface area contributed by atoms with Crippen LogP contribution in [0.2, 0.25) is 0 Å². The Morgan fingerprint density at radius 2 is 1.96 bits per heavy atom. The summed E-state index contributed by atoms with van der Waals surface area (Å²) in [6.45, 7) is 1.72. The maximum absolute atomic E-state index is 12.5. The van der Waals surface area contributed by atoms with E-state index in [4.69, 9.17) is 9.84 Å². The van der Waals surface area contributed by atoms with Crippen molar-refractivity contribution in [2.24, 2.45) is 0 Å². The highest BCUT2D eigenvalue weighted by molar-refractivity contribution is 5.95. The van der Waals surface area contributed by atoms with Crippen LogP contribution >= 0.6 is 0 Å². The zero-order valence-corrected chi connectivity index (χ0v) is 15.1. The highest BCUT2D eigenvalue weighted by Gasteiger charge is 2.16. The Bertz CT molecular complexity index is 847. The number of amides is 1. The standard InChI is InChI=1S/C21H22N2O4/c1-15(25)17-3-2-4-19-8-7-18(14-23(19)13-17)22-21(26)16-5-9-20(10-6-16)27-12-11-24/h4-10,13-14,24H,2-3,11-12H2,1H3,(H,22,26). The average molecular weight is 366 g/mol. The molecule has 0 spiro atoms. The largest absolute Gasteiger partial charge is 0.491 e. The number of fused-ring (bicyclic) bond motifs is 1. The number of ether oxygens (including phenoxy) is 1. The number of aliphatic hydroxyl groups excluding tert-OH is 1. The third kappa shape index (κ3) is 4.74. The van der Waals surface area contributed by atoms with E-state index in [-0.39, 0.29) is 24.9 Å². The Morgan fingerprint density at radius 3 is 2.67 bits per heavy atom. The fourth-order valence-electron chi connectivity index (χ4n) is 2.83. The van der Waals surface area contributed by atoms with Gasteiger partial charge >= 0.3 is 0 Å². The van der Waals surface area contributed by atoms with Gasteiger partial charge in [0.2, 0.25) is 0 Å². The normalized spacial score (nSPS) is 15.8. The lowest BCUT2D eigenvalue weighted by Gasteiger charge is -2.22. The molecule has 0 bridgehead atoms. The number of ketones is 1. The van der Waals surface area contributed by atoms with E-state index in [0.29, 0.717) is 23.4 Å². The lowest BCUT2D eigenvalue weighted by atomic mass is 10.1. The van der Waals surface area contributed by atoms with Crippen LogP contribution in [-0.4, -0.2) is 34.9 Å². The minimum absolute atomic E-state index is 0.0571. The number of allylic oxidation sites excluding steroid dienone is 4. The average Bonchev–Trinajstić information content (AvgIpc) is 2.89. The Kier molecular flexibility index (Phi) is 5.88. The van der Waals surface area contributed by atoms with Crippen molar-refractivity contribution < 1.29 is 19.4 Å². The molecule has 2 N–H and O–H groups in total. The van der Waals surface area contributed by atoms with Gasteiger partial charge in [-0.1, -0.05) is 6.08 Å². The number of carbonyl (C=O) groups is 2. The van der Waals surface area contributed by atoms with Crippen molar-refractivity contribution >= 4 is 11.7 Å². The second kappa shape index (κ2) is 8.51. The summed E-state index contributed by atoms with van der Waals surface area (Å²) in [7, 11) is 0. The number of benzene rings is 1. The Balaban J connectivity index is 1.71. The van der Waals surface area contributed by atoms with Crippen molar-refractivity contribution in [3.05, 3.63) is 77.4 Å². The van der Waals surface area contributed by atoms with Crippen molar-refractivity contribution in [3.63, 3.8) is 0 Å². The lowest BCUT2D eigenvalue weighted by Crippen LogP contribution is -2.25. The first-order chi connectivity index (χ1) is 13.1. The van der Waals surface area contributed by atoms with E-state index in [1.807, 2.05) is 23.3 Å². The van der Waals surface area contributed by atoms with Crippen LogP contribution in [0.5, 0.6) is 5.75 Å². The second-order valence-electron chi connectivity index (χ2n) is 6.25. The first kappa shape index (κ1) is 18.7. The van der Waals surface area contributed by atoms with Gasteiger partial charge < -0.3 is 20.1 Å². The number of rotatable bonds is 6. The number of carbonyl (C=O) groups excluding carboxylic acids is 2. The van der Waals surface area contributed by atoms with E-state index in [1.165, 1.54) is 0 Å². The molecule has 0 fully saturated rings. The van der Waals surface area contributed by atoms with Crippen LogP contribution in [0.3, 0.4) is 0 Å². The molecule has 0 saturated heterocycles. The van der Waals surface area contributed by atoms with Gasteiger partial charge in [0.15, 0.2) is 5.78 Å². The highest BCUT2D eigenvalue weighted by Crippen LogP contribution is 2.24. The molecule has 2 heterocycles. The van der Waals surface area contributed by atoms with Crippen molar-refractivity contribution in [1.82, 2.24) is 10.2 Å². The molecule has 0 aromatic heterocycles. The zero-order valence-electron chi connectivity index (χ0n) is 15.1. The molecule has 0 aliphatic carbocycles. The molecule has 140 valence electrons. The molecule has 0 saturated carbocycles. The molecule has 2 aliphatic rings. The van der Waals surface area contributed by atoms with Gasteiger partial charge in [0, 0.05) is 29.2 Å². The molecule has 1 amide bonds. The number of aliphatic hydroxyl groups is 1. The van der Waals surface area contributed by atoms with Gasteiger partial charge in [-0.3, -0.25) is 9.59 Å². The van der Waals surface area contributed by atoms with Crippen molar-refractivity contribution in [3.8, 4) is 5.75 Å². The van der Waals surface area contributed by atoms with Crippen LogP contribution in [-0.2, 0) is 4.79 Å². The van der Waals surface area contributed by atoms with Crippen LogP contribution < -0.4 is 10.1 Å². The smallest absolute Gasteiger partial charge is 0.255 e. The van der Waals surface area contributed by atoms with Crippen LogP contribution in [0.1, 0.15) is 30.1 Å². The molecule has 6 nitrogen and oxygen atoms in total. The van der Waals surface area contributed by atoms with Gasteiger partial charge in [0.1, 0.15) is 12.4 Å². The summed E-state index contributed by atoms with van der Waals surface area (Å²) in [5.74, 6) is 0.415. The van der Waals surface area contributed by atoms with Crippen molar-refractivity contribution in [1.29, 1.82) is 0 Å². The van der Waals surface area contributed by atoms with Gasteiger partial charge in [0.05, 0.1) is 12.3 Å². The first-order valence-corrected chi connectivity index (χ1v) is 8.82. The number of nitrogens with one attached hydrogen (secondary N) is 1. The number of Topliss-reactive ketones (excluding diaryl/α,β-unsaturated/α-hetero) is 1. The molecule has 2 aliphatic heterocycles. The summed E-state index contributed by atoms with van der Waals surface area (Å²) < 4.78 is 5.29. The van der Waals surface area contributed by atoms with Crippen molar-refractivity contribution in [2.75, 3.05) is 13.2 Å². The third-order valence-electron chi connectivity index (χ3n) is 4.26. The second-order valence-corrected chi connectivity index (χ2v) is 6.25. The van der Waals surface area contributed by atoms with Gasteiger partial charge in [-0.15, -0.1) is 0 Å². The van der Waals surface area contributed by atoms with E-state index < -0.39 is 0 Å². The molecule has 6 heteroatoms. The van der Waals surface area contributed by atoms with E-state index in [2.05, 4.69) is 11.4 Å². The number of hydrogen-bond donors (Lipinski definition) is 2. The van der Waals surface area contributed by atoms with Crippen LogP contribution in [0.4, 0.5) is 0 Å². The molecule has 1 aromatic rings. The third-order valence-corrected chi connectivity index (χ3v) is 4.26. The summed E-state index contributed by atoms with van der Waals surface area (Å²) in [4.78, 5) is 26.0. The quantitative estimate of drug-likeness (QED) is 0.809.